The average molecular weight is 365 g/mol. The fraction of sp³-hybridized carbons (Fsp3) is 0.600. The van der Waals surface area contributed by atoms with Gasteiger partial charge in [0.15, 0.2) is 0 Å². The molecule has 0 heterocycles. The van der Waals surface area contributed by atoms with Gasteiger partial charge in [0.1, 0.15) is 16.9 Å². The first kappa shape index (κ1) is 22.0. The molecule has 0 aliphatic heterocycles. The van der Waals surface area contributed by atoms with Gasteiger partial charge in [0.2, 0.25) is 0 Å². The van der Waals surface area contributed by atoms with Crippen molar-refractivity contribution in [3.8, 4) is 5.75 Å². The lowest BCUT2D eigenvalue weighted by molar-refractivity contribution is -0.137. The van der Waals surface area contributed by atoms with Gasteiger partial charge in [-0.05, 0) is 51.3 Å². The molecular weight excluding hydrogens is 334 g/mol. The summed E-state index contributed by atoms with van der Waals surface area (Å²) in [4.78, 5) is 24.7. The zero-order valence-corrected chi connectivity index (χ0v) is 16.7. The highest BCUT2D eigenvalue weighted by Crippen LogP contribution is 2.25. The van der Waals surface area contributed by atoms with Gasteiger partial charge in [0.05, 0.1) is 13.2 Å². The molecular formula is C20H31NO5. The molecule has 0 atom stereocenters. The van der Waals surface area contributed by atoms with Crippen molar-refractivity contribution in [2.45, 2.75) is 53.6 Å². The van der Waals surface area contributed by atoms with Crippen molar-refractivity contribution in [3.63, 3.8) is 0 Å². The van der Waals surface area contributed by atoms with Crippen LogP contribution in [0.25, 0.3) is 0 Å². The van der Waals surface area contributed by atoms with Gasteiger partial charge >= 0.3 is 5.97 Å². The number of nitrogens with one attached hydrogen (secondary N) is 1. The molecule has 146 valence electrons. The average Bonchev–Trinajstić information content (AvgIpc) is 2.58. The van der Waals surface area contributed by atoms with Gasteiger partial charge in [-0.2, -0.15) is 0 Å². The summed E-state index contributed by atoms with van der Waals surface area (Å²) >= 11 is 0. The van der Waals surface area contributed by atoms with Crippen LogP contribution < -0.4 is 10.1 Å². The first-order valence-electron chi connectivity index (χ1n) is 9.10. The van der Waals surface area contributed by atoms with Gasteiger partial charge in [-0.15, -0.1) is 0 Å². The van der Waals surface area contributed by atoms with Crippen LogP contribution in [0.4, 0.5) is 5.69 Å². The Morgan fingerprint density at radius 2 is 1.88 bits per heavy atom. The topological polar surface area (TPSA) is 73.9 Å². The number of rotatable bonds is 10. The van der Waals surface area contributed by atoms with Gasteiger partial charge in [-0.1, -0.05) is 20.8 Å². The molecule has 1 aromatic carbocycles. The van der Waals surface area contributed by atoms with Crippen LogP contribution in [-0.2, 0) is 14.3 Å². The third-order valence-electron chi connectivity index (χ3n) is 3.52. The van der Waals surface area contributed by atoms with Gasteiger partial charge in [0.25, 0.3) is 5.91 Å². The molecule has 0 spiro atoms. The van der Waals surface area contributed by atoms with Crippen molar-refractivity contribution >= 4 is 17.6 Å². The lowest BCUT2D eigenvalue weighted by atomic mass is 10.1. The van der Waals surface area contributed by atoms with E-state index in [1.54, 1.807) is 39.0 Å². The number of hydrogen-bond donors (Lipinski definition) is 1. The normalized spacial score (nSPS) is 11.3. The van der Waals surface area contributed by atoms with E-state index in [0.717, 1.165) is 6.42 Å². The highest BCUT2D eigenvalue weighted by molar-refractivity contribution is 5.99. The van der Waals surface area contributed by atoms with E-state index in [1.165, 1.54) is 0 Å². The van der Waals surface area contributed by atoms with Crippen LogP contribution in [-0.4, -0.2) is 37.3 Å². The van der Waals surface area contributed by atoms with Gasteiger partial charge in [0, 0.05) is 12.3 Å². The minimum absolute atomic E-state index is 0.261. The van der Waals surface area contributed by atoms with Crippen LogP contribution in [0.5, 0.6) is 5.75 Å². The number of anilines is 1. The maximum atomic E-state index is 12.5. The molecule has 0 aliphatic carbocycles. The number of hydrogen-bond acceptors (Lipinski definition) is 5. The van der Waals surface area contributed by atoms with Crippen molar-refractivity contribution in [2.75, 3.05) is 25.1 Å². The number of esters is 1. The number of carbonyl (C=O) groups excluding carboxylic acids is 2. The van der Waals surface area contributed by atoms with E-state index < -0.39 is 11.6 Å². The summed E-state index contributed by atoms with van der Waals surface area (Å²) in [6.45, 7) is 12.4. The van der Waals surface area contributed by atoms with E-state index in [2.05, 4.69) is 5.32 Å². The molecule has 26 heavy (non-hydrogen) atoms. The fourth-order valence-corrected chi connectivity index (χ4v) is 2.06. The fourth-order valence-electron chi connectivity index (χ4n) is 2.06. The first-order valence-corrected chi connectivity index (χ1v) is 9.10. The van der Waals surface area contributed by atoms with Gasteiger partial charge in [-0.25, -0.2) is 4.79 Å². The van der Waals surface area contributed by atoms with E-state index in [4.69, 9.17) is 14.2 Å². The number of amides is 1. The molecule has 0 bridgehead atoms. The molecule has 1 amide bonds. The highest BCUT2D eigenvalue weighted by Gasteiger charge is 2.28. The molecule has 0 saturated heterocycles. The minimum Gasteiger partial charge on any atom is -0.492 e. The van der Waals surface area contributed by atoms with Crippen LogP contribution in [0.3, 0.4) is 0 Å². The molecule has 0 radical (unpaired) electrons. The van der Waals surface area contributed by atoms with Gasteiger partial charge < -0.3 is 19.5 Å². The third-order valence-corrected chi connectivity index (χ3v) is 3.52. The van der Waals surface area contributed by atoms with Crippen LogP contribution in [0.1, 0.15) is 58.3 Å². The summed E-state index contributed by atoms with van der Waals surface area (Å²) in [7, 11) is 0. The summed E-state index contributed by atoms with van der Waals surface area (Å²) in [5.74, 6) is -0.00182. The lowest BCUT2D eigenvalue weighted by Crippen LogP contribution is -2.40. The van der Waals surface area contributed by atoms with E-state index in [9.17, 15) is 9.59 Å². The van der Waals surface area contributed by atoms with Crippen LogP contribution in [0, 0.1) is 5.92 Å². The Hall–Kier alpha value is -2.08. The Labute approximate surface area is 156 Å². The second kappa shape index (κ2) is 10.2. The summed E-state index contributed by atoms with van der Waals surface area (Å²) in [6.07, 6.45) is 0.825. The van der Waals surface area contributed by atoms with E-state index >= 15 is 0 Å². The molecule has 0 fully saturated rings. The monoisotopic (exact) mass is 365 g/mol. The maximum absolute atomic E-state index is 12.5. The maximum Gasteiger partial charge on any atom is 0.341 e. The Balaban J connectivity index is 3.00. The van der Waals surface area contributed by atoms with E-state index in [-0.39, 0.29) is 18.1 Å². The largest absolute Gasteiger partial charge is 0.492 e. The van der Waals surface area contributed by atoms with Crippen molar-refractivity contribution in [3.05, 3.63) is 23.8 Å². The van der Waals surface area contributed by atoms with Crippen molar-refractivity contribution in [2.24, 2.45) is 5.92 Å². The Morgan fingerprint density at radius 1 is 1.19 bits per heavy atom. The van der Waals surface area contributed by atoms with Crippen molar-refractivity contribution < 1.29 is 23.8 Å². The quantitative estimate of drug-likeness (QED) is 0.633. The summed E-state index contributed by atoms with van der Waals surface area (Å²) < 4.78 is 16.4. The molecule has 0 saturated carbocycles. The Morgan fingerprint density at radius 3 is 2.46 bits per heavy atom. The van der Waals surface area contributed by atoms with Crippen molar-refractivity contribution in [1.29, 1.82) is 0 Å². The first-order chi connectivity index (χ1) is 12.2. The second-order valence-electron chi connectivity index (χ2n) is 6.95. The summed E-state index contributed by atoms with van der Waals surface area (Å²) in [6, 6.07) is 4.94. The molecule has 6 nitrogen and oxygen atoms in total. The molecule has 1 aromatic rings. The number of ether oxygens (including phenoxy) is 3. The predicted octanol–water partition coefficient (Wildman–Crippen LogP) is 4.04. The second-order valence-corrected chi connectivity index (χ2v) is 6.95. The highest BCUT2D eigenvalue weighted by atomic mass is 16.5. The van der Waals surface area contributed by atoms with E-state index in [1.807, 2.05) is 20.8 Å². The number of carbonyl (C=O) groups is 2. The van der Waals surface area contributed by atoms with E-state index in [0.29, 0.717) is 30.6 Å². The molecule has 6 heteroatoms. The Bertz CT molecular complexity index is 610. The van der Waals surface area contributed by atoms with Crippen molar-refractivity contribution in [1.82, 2.24) is 0 Å². The molecule has 1 N–H and O–H groups in total. The van der Waals surface area contributed by atoms with Crippen LogP contribution in [0.15, 0.2) is 18.2 Å². The summed E-state index contributed by atoms with van der Waals surface area (Å²) in [5, 5.41) is 2.79. The van der Waals surface area contributed by atoms with Crippen LogP contribution in [0.2, 0.25) is 0 Å². The standard InChI is InChI=1S/C20H31NO5/c1-7-11-26-20(5,6)19(23)21-15-9-10-17(25-13-14(3)4)16(12-15)18(22)24-8-2/h9-10,12,14H,7-8,11,13H2,1-6H3,(H,21,23). The van der Waals surface area contributed by atoms with Crippen LogP contribution >= 0.6 is 0 Å². The summed E-state index contributed by atoms with van der Waals surface area (Å²) in [5.41, 5.74) is -0.187. The minimum atomic E-state index is -0.965. The zero-order valence-electron chi connectivity index (χ0n) is 16.7. The Kier molecular flexibility index (Phi) is 8.58. The molecule has 1 rings (SSSR count). The predicted molar refractivity (Wildman–Crippen MR) is 102 cm³/mol. The smallest absolute Gasteiger partial charge is 0.341 e. The molecule has 0 unspecified atom stereocenters. The molecule has 0 aliphatic rings. The van der Waals surface area contributed by atoms with Gasteiger partial charge in [-0.3, -0.25) is 4.79 Å². The third kappa shape index (κ3) is 6.67. The lowest BCUT2D eigenvalue weighted by Gasteiger charge is -2.24. The zero-order chi connectivity index (χ0) is 19.7. The molecule has 0 aromatic heterocycles. The number of benzene rings is 1. The SMILES string of the molecule is CCCOC(C)(C)C(=O)Nc1ccc(OCC(C)C)c(C(=O)OCC)c1.